The highest BCUT2D eigenvalue weighted by atomic mass is 127. The fourth-order valence-corrected chi connectivity index (χ4v) is 3.41. The van der Waals surface area contributed by atoms with E-state index in [0.717, 1.165) is 43.7 Å². The Labute approximate surface area is 212 Å². The Morgan fingerprint density at radius 1 is 1.15 bits per heavy atom. The Morgan fingerprint density at radius 3 is 2.58 bits per heavy atom. The number of nitrogens with one attached hydrogen (secondary N) is 3. The molecule has 0 aliphatic carbocycles. The molecule has 2 aromatic carbocycles. The molecule has 1 unspecified atom stereocenters. The van der Waals surface area contributed by atoms with E-state index in [1.165, 1.54) is 12.1 Å². The fourth-order valence-electron chi connectivity index (χ4n) is 3.41. The summed E-state index contributed by atoms with van der Waals surface area (Å²) in [5.41, 5.74) is 1.77. The lowest BCUT2D eigenvalue weighted by molar-refractivity contribution is 0.222. The normalized spacial score (nSPS) is 14.3. The van der Waals surface area contributed by atoms with Gasteiger partial charge in [-0.1, -0.05) is 12.1 Å². The highest BCUT2D eigenvalue weighted by Crippen LogP contribution is 2.15. The summed E-state index contributed by atoms with van der Waals surface area (Å²) in [5, 5.41) is 9.46. The molecule has 1 heterocycles. The maximum atomic E-state index is 13.0. The highest BCUT2D eigenvalue weighted by Gasteiger charge is 2.17. The van der Waals surface area contributed by atoms with Crippen molar-refractivity contribution < 1.29 is 13.9 Å². The molecule has 1 aliphatic rings. The number of likely N-dealkylation sites (tertiary alicyclic amines) is 1. The standard InChI is InChI=1S/C24H32FN5O2.HI/c1-3-26-23(27-16-18(2)32-22-11-9-20(25)10-12-22)28-17-19-7-6-8-21(15-19)29-24(31)30-13-4-5-14-30;/h6-12,15,18H,3-5,13-14,16-17H2,1-2H3,(H,29,31)(H2,26,27,28);1H. The molecule has 33 heavy (non-hydrogen) atoms. The molecule has 0 aromatic heterocycles. The van der Waals surface area contributed by atoms with Crippen molar-refractivity contribution in [3.8, 4) is 5.75 Å². The van der Waals surface area contributed by atoms with Crippen molar-refractivity contribution in [1.82, 2.24) is 15.5 Å². The molecule has 1 saturated heterocycles. The Hall–Kier alpha value is -2.56. The average molecular weight is 569 g/mol. The van der Waals surface area contributed by atoms with Gasteiger partial charge in [-0.25, -0.2) is 14.2 Å². The third kappa shape index (κ3) is 9.07. The lowest BCUT2D eigenvalue weighted by Gasteiger charge is -2.18. The quantitative estimate of drug-likeness (QED) is 0.247. The van der Waals surface area contributed by atoms with E-state index in [-0.39, 0.29) is 41.9 Å². The Morgan fingerprint density at radius 2 is 1.88 bits per heavy atom. The number of halogens is 2. The monoisotopic (exact) mass is 569 g/mol. The number of rotatable bonds is 8. The first kappa shape index (κ1) is 26.7. The molecule has 1 fully saturated rings. The first-order valence-corrected chi connectivity index (χ1v) is 11.1. The Balaban J connectivity index is 0.00000385. The number of nitrogens with zero attached hydrogens (tertiary/aromatic N) is 2. The van der Waals surface area contributed by atoms with Crippen LogP contribution in [0.1, 0.15) is 32.3 Å². The summed E-state index contributed by atoms with van der Waals surface area (Å²) in [7, 11) is 0. The van der Waals surface area contributed by atoms with Gasteiger partial charge in [0.05, 0.1) is 13.1 Å². The predicted molar refractivity (Wildman–Crippen MR) is 141 cm³/mol. The van der Waals surface area contributed by atoms with Crippen LogP contribution in [0.5, 0.6) is 5.75 Å². The van der Waals surface area contributed by atoms with E-state index in [1.54, 1.807) is 12.1 Å². The van der Waals surface area contributed by atoms with Gasteiger partial charge in [0.25, 0.3) is 0 Å². The molecule has 3 rings (SSSR count). The van der Waals surface area contributed by atoms with Gasteiger partial charge in [-0.15, -0.1) is 24.0 Å². The molecule has 7 nitrogen and oxygen atoms in total. The Bertz CT molecular complexity index is 904. The smallest absolute Gasteiger partial charge is 0.321 e. The van der Waals surface area contributed by atoms with Crippen molar-refractivity contribution >= 4 is 41.7 Å². The first-order valence-electron chi connectivity index (χ1n) is 11.1. The van der Waals surface area contributed by atoms with E-state index in [0.29, 0.717) is 24.8 Å². The lowest BCUT2D eigenvalue weighted by Crippen LogP contribution is -2.41. The van der Waals surface area contributed by atoms with Gasteiger partial charge in [-0.3, -0.25) is 0 Å². The number of aliphatic imine (C=N–C) groups is 1. The van der Waals surface area contributed by atoms with Crippen LogP contribution in [0.25, 0.3) is 0 Å². The van der Waals surface area contributed by atoms with Gasteiger partial charge >= 0.3 is 6.03 Å². The van der Waals surface area contributed by atoms with E-state index in [2.05, 4.69) is 20.9 Å². The molecule has 2 aromatic rings. The van der Waals surface area contributed by atoms with E-state index in [9.17, 15) is 9.18 Å². The maximum Gasteiger partial charge on any atom is 0.321 e. The molecule has 0 saturated carbocycles. The third-order valence-corrected chi connectivity index (χ3v) is 5.04. The zero-order valence-electron chi connectivity index (χ0n) is 19.1. The largest absolute Gasteiger partial charge is 0.489 e. The third-order valence-electron chi connectivity index (χ3n) is 5.04. The number of benzene rings is 2. The number of hydrogen-bond acceptors (Lipinski definition) is 3. The molecule has 3 N–H and O–H groups in total. The number of anilines is 1. The molecule has 180 valence electrons. The van der Waals surface area contributed by atoms with E-state index >= 15 is 0 Å². The van der Waals surface area contributed by atoms with Crippen LogP contribution in [-0.2, 0) is 6.54 Å². The van der Waals surface area contributed by atoms with Crippen LogP contribution in [-0.4, -0.2) is 49.2 Å². The maximum absolute atomic E-state index is 13.0. The first-order chi connectivity index (χ1) is 15.5. The lowest BCUT2D eigenvalue weighted by atomic mass is 10.2. The molecule has 9 heteroatoms. The fraction of sp³-hybridized carbons (Fsp3) is 0.417. The molecule has 1 atom stereocenters. The molecule has 1 aliphatic heterocycles. The van der Waals surface area contributed by atoms with Crippen LogP contribution in [0.4, 0.5) is 14.9 Å². The molecule has 0 radical (unpaired) electrons. The summed E-state index contributed by atoms with van der Waals surface area (Å²) < 4.78 is 18.8. The molecule has 0 bridgehead atoms. The Kier molecular flexibility index (Phi) is 11.2. The van der Waals surface area contributed by atoms with Crippen molar-refractivity contribution in [2.45, 2.75) is 39.3 Å². The van der Waals surface area contributed by atoms with E-state index < -0.39 is 0 Å². The van der Waals surface area contributed by atoms with Gasteiger partial charge in [-0.2, -0.15) is 0 Å². The molecular formula is C24H33FIN5O2. The number of amides is 2. The summed E-state index contributed by atoms with van der Waals surface area (Å²) in [6, 6.07) is 13.7. The summed E-state index contributed by atoms with van der Waals surface area (Å²) in [4.78, 5) is 18.8. The van der Waals surface area contributed by atoms with Gasteiger partial charge in [0.2, 0.25) is 0 Å². The van der Waals surface area contributed by atoms with Crippen LogP contribution in [0.3, 0.4) is 0 Å². The molecule has 2 amide bonds. The van der Waals surface area contributed by atoms with Gasteiger partial charge < -0.3 is 25.6 Å². The number of ether oxygens (including phenoxy) is 1. The second-order valence-corrected chi connectivity index (χ2v) is 7.78. The minimum Gasteiger partial charge on any atom is -0.489 e. The topological polar surface area (TPSA) is 78.0 Å². The minimum atomic E-state index is -0.288. The van der Waals surface area contributed by atoms with Crippen LogP contribution < -0.4 is 20.7 Å². The van der Waals surface area contributed by atoms with Gasteiger partial charge in [-0.05, 0) is 68.7 Å². The summed E-state index contributed by atoms with van der Waals surface area (Å²) in [6.45, 7) is 7.31. The number of carbonyl (C=O) groups is 1. The summed E-state index contributed by atoms with van der Waals surface area (Å²) in [5.74, 6) is 1.01. The van der Waals surface area contributed by atoms with Crippen LogP contribution in [0, 0.1) is 5.82 Å². The van der Waals surface area contributed by atoms with Crippen molar-refractivity contribution in [1.29, 1.82) is 0 Å². The second kappa shape index (κ2) is 13.9. The van der Waals surface area contributed by atoms with Crippen LogP contribution >= 0.6 is 24.0 Å². The van der Waals surface area contributed by atoms with E-state index in [4.69, 9.17) is 4.74 Å². The average Bonchev–Trinajstić information content (AvgIpc) is 3.33. The van der Waals surface area contributed by atoms with Gasteiger partial charge in [0, 0.05) is 25.3 Å². The van der Waals surface area contributed by atoms with E-state index in [1.807, 2.05) is 43.0 Å². The SMILES string of the molecule is CCNC(=NCc1cccc(NC(=O)N2CCCC2)c1)NCC(C)Oc1ccc(F)cc1.I. The predicted octanol–water partition coefficient (Wildman–Crippen LogP) is 4.59. The number of guanidine groups is 1. The molecular weight excluding hydrogens is 536 g/mol. The number of hydrogen-bond donors (Lipinski definition) is 3. The van der Waals surface area contributed by atoms with Gasteiger partial charge in [0.1, 0.15) is 17.7 Å². The van der Waals surface area contributed by atoms with Crippen molar-refractivity contribution in [2.75, 3.05) is 31.5 Å². The second-order valence-electron chi connectivity index (χ2n) is 7.78. The van der Waals surface area contributed by atoms with Crippen molar-refractivity contribution in [3.63, 3.8) is 0 Å². The summed E-state index contributed by atoms with van der Waals surface area (Å²) >= 11 is 0. The molecule has 0 spiro atoms. The summed E-state index contributed by atoms with van der Waals surface area (Å²) in [6.07, 6.45) is 2.00. The van der Waals surface area contributed by atoms with Crippen molar-refractivity contribution in [2.24, 2.45) is 4.99 Å². The zero-order chi connectivity index (χ0) is 22.8. The minimum absolute atomic E-state index is 0. The number of urea groups is 1. The van der Waals surface area contributed by atoms with Crippen molar-refractivity contribution in [3.05, 3.63) is 59.9 Å². The van der Waals surface area contributed by atoms with Gasteiger partial charge in [0.15, 0.2) is 5.96 Å². The van der Waals surface area contributed by atoms with Crippen LogP contribution in [0.15, 0.2) is 53.5 Å². The van der Waals surface area contributed by atoms with Crippen LogP contribution in [0.2, 0.25) is 0 Å². The number of carbonyl (C=O) groups excluding carboxylic acids is 1. The zero-order valence-corrected chi connectivity index (χ0v) is 21.5. The highest BCUT2D eigenvalue weighted by molar-refractivity contribution is 14.0.